The smallest absolute Gasteiger partial charge is 0.305 e. The molecule has 2 heterocycles. The normalized spacial score (nSPS) is 17.6. The molecule has 2 rings (SSSR count). The molecule has 0 unspecified atom stereocenters. The Hall–Kier alpha value is -2.38. The second-order valence-corrected chi connectivity index (χ2v) is 4.66. The molecule has 1 saturated heterocycles. The van der Waals surface area contributed by atoms with Crippen molar-refractivity contribution in [2.75, 3.05) is 20.8 Å². The molecule has 0 bridgehead atoms. The highest BCUT2D eigenvalue weighted by Gasteiger charge is 2.34. The summed E-state index contributed by atoms with van der Waals surface area (Å²) in [6.07, 6.45) is 2.59. The summed E-state index contributed by atoms with van der Waals surface area (Å²) in [7, 11) is 2.80. The Kier molecular flexibility index (Phi) is 4.56. The Morgan fingerprint density at radius 1 is 1.33 bits per heavy atom. The van der Waals surface area contributed by atoms with Crippen LogP contribution < -0.4 is 9.47 Å². The summed E-state index contributed by atoms with van der Waals surface area (Å²) in [5.74, 6) is -1.06. The van der Waals surface area contributed by atoms with Crippen molar-refractivity contribution in [2.45, 2.75) is 25.3 Å². The van der Waals surface area contributed by atoms with E-state index in [9.17, 15) is 9.59 Å². The second-order valence-electron chi connectivity index (χ2n) is 4.66. The van der Waals surface area contributed by atoms with Gasteiger partial charge in [0.05, 0.1) is 20.6 Å². The fourth-order valence-corrected chi connectivity index (χ4v) is 2.51. The van der Waals surface area contributed by atoms with Gasteiger partial charge in [-0.05, 0) is 12.8 Å². The number of carboxylic acids is 1. The van der Waals surface area contributed by atoms with Crippen LogP contribution in [0, 0.1) is 0 Å². The highest BCUT2D eigenvalue weighted by Crippen LogP contribution is 2.29. The minimum Gasteiger partial charge on any atom is -0.481 e. The van der Waals surface area contributed by atoms with E-state index in [0.29, 0.717) is 13.0 Å². The van der Waals surface area contributed by atoms with E-state index < -0.39 is 5.97 Å². The molecular formula is C13H17N3O5. The van der Waals surface area contributed by atoms with Gasteiger partial charge in [-0.2, -0.15) is 0 Å². The number of carbonyl (C=O) groups is 2. The summed E-state index contributed by atoms with van der Waals surface area (Å²) >= 11 is 0. The fourth-order valence-electron chi connectivity index (χ4n) is 2.51. The van der Waals surface area contributed by atoms with Gasteiger partial charge < -0.3 is 19.5 Å². The molecule has 8 heteroatoms. The van der Waals surface area contributed by atoms with Gasteiger partial charge in [-0.25, -0.2) is 9.97 Å². The molecule has 1 atom stereocenters. The second kappa shape index (κ2) is 6.38. The molecule has 0 saturated carbocycles. The molecule has 114 valence electrons. The fraction of sp³-hybridized carbons (Fsp3) is 0.538. The summed E-state index contributed by atoms with van der Waals surface area (Å²) in [6, 6.07) is -0.329. The van der Waals surface area contributed by atoms with Crippen LogP contribution in [0.3, 0.4) is 0 Å². The molecule has 8 nitrogen and oxygen atoms in total. The van der Waals surface area contributed by atoms with Crippen molar-refractivity contribution in [2.24, 2.45) is 0 Å². The van der Waals surface area contributed by atoms with Gasteiger partial charge in [0, 0.05) is 12.6 Å². The van der Waals surface area contributed by atoms with Crippen LogP contribution in [0.15, 0.2) is 6.33 Å². The summed E-state index contributed by atoms with van der Waals surface area (Å²) in [5.41, 5.74) is 0.125. The average molecular weight is 295 g/mol. The maximum atomic E-state index is 12.7. The van der Waals surface area contributed by atoms with Crippen molar-refractivity contribution in [3.05, 3.63) is 11.9 Å². The molecule has 1 aliphatic rings. The molecule has 0 radical (unpaired) electrons. The van der Waals surface area contributed by atoms with E-state index in [2.05, 4.69) is 9.97 Å². The van der Waals surface area contributed by atoms with Crippen LogP contribution in [-0.2, 0) is 4.79 Å². The van der Waals surface area contributed by atoms with Crippen LogP contribution >= 0.6 is 0 Å². The van der Waals surface area contributed by atoms with Crippen molar-refractivity contribution in [3.63, 3.8) is 0 Å². The number of methoxy groups -OCH3 is 2. The van der Waals surface area contributed by atoms with E-state index in [1.807, 2.05) is 0 Å². The number of rotatable bonds is 5. The Morgan fingerprint density at radius 2 is 1.95 bits per heavy atom. The van der Waals surface area contributed by atoms with E-state index in [1.54, 1.807) is 0 Å². The number of likely N-dealkylation sites (tertiary alicyclic amines) is 1. The summed E-state index contributed by atoms with van der Waals surface area (Å²) < 4.78 is 10.2. The first-order valence-corrected chi connectivity index (χ1v) is 6.54. The molecule has 0 aromatic carbocycles. The third kappa shape index (κ3) is 3.04. The molecule has 1 aromatic rings. The number of hydrogen-bond donors (Lipinski definition) is 1. The minimum absolute atomic E-state index is 0.0793. The third-order valence-electron chi connectivity index (χ3n) is 3.43. The number of carbonyl (C=O) groups excluding carboxylic acids is 1. The molecule has 1 fully saturated rings. The van der Waals surface area contributed by atoms with Gasteiger partial charge in [0.1, 0.15) is 6.33 Å². The van der Waals surface area contributed by atoms with Crippen LogP contribution in [0.1, 0.15) is 29.6 Å². The molecular weight excluding hydrogens is 278 g/mol. The van der Waals surface area contributed by atoms with Crippen molar-refractivity contribution in [1.82, 2.24) is 14.9 Å². The van der Waals surface area contributed by atoms with Crippen LogP contribution in [0.4, 0.5) is 0 Å². The molecule has 21 heavy (non-hydrogen) atoms. The van der Waals surface area contributed by atoms with Gasteiger partial charge in [0.25, 0.3) is 5.91 Å². The van der Waals surface area contributed by atoms with Gasteiger partial charge in [-0.1, -0.05) is 0 Å². The minimum atomic E-state index is -0.928. The number of amides is 1. The lowest BCUT2D eigenvalue weighted by molar-refractivity contribution is -0.137. The first-order valence-electron chi connectivity index (χ1n) is 6.54. The Labute approximate surface area is 121 Å². The molecule has 0 spiro atoms. The lowest BCUT2D eigenvalue weighted by Crippen LogP contribution is -2.37. The maximum Gasteiger partial charge on any atom is 0.305 e. The topological polar surface area (TPSA) is 102 Å². The average Bonchev–Trinajstić information content (AvgIpc) is 2.92. The Balaban J connectivity index is 2.33. The highest BCUT2D eigenvalue weighted by molar-refractivity contribution is 5.99. The van der Waals surface area contributed by atoms with Gasteiger partial charge >= 0.3 is 5.97 Å². The van der Waals surface area contributed by atoms with Crippen LogP contribution in [0.5, 0.6) is 11.8 Å². The predicted molar refractivity (Wildman–Crippen MR) is 71.4 cm³/mol. The van der Waals surface area contributed by atoms with Crippen LogP contribution in [0.2, 0.25) is 0 Å². The highest BCUT2D eigenvalue weighted by atomic mass is 16.5. The SMILES string of the molecule is COc1ncnc(OC)c1C(=O)N1CCC[C@H]1CC(=O)O. The van der Waals surface area contributed by atoms with Gasteiger partial charge in [-0.3, -0.25) is 9.59 Å². The number of nitrogens with zero attached hydrogens (tertiary/aromatic N) is 3. The molecule has 1 aromatic heterocycles. The largest absolute Gasteiger partial charge is 0.481 e. The number of aromatic nitrogens is 2. The maximum absolute atomic E-state index is 12.7. The lowest BCUT2D eigenvalue weighted by atomic mass is 10.1. The number of carboxylic acid groups (broad SMARTS) is 1. The summed E-state index contributed by atoms with van der Waals surface area (Å²) in [5, 5.41) is 8.93. The van der Waals surface area contributed by atoms with Crippen LogP contribution in [-0.4, -0.2) is 58.7 Å². The summed E-state index contributed by atoms with van der Waals surface area (Å²) in [4.78, 5) is 32.9. The molecule has 1 N–H and O–H groups in total. The quantitative estimate of drug-likeness (QED) is 0.847. The van der Waals surface area contributed by atoms with E-state index in [1.165, 1.54) is 25.4 Å². The zero-order valence-corrected chi connectivity index (χ0v) is 11.9. The monoisotopic (exact) mass is 295 g/mol. The first kappa shape index (κ1) is 15.0. The molecule has 1 amide bonds. The predicted octanol–water partition coefficient (Wildman–Crippen LogP) is 0.573. The van der Waals surface area contributed by atoms with E-state index in [-0.39, 0.29) is 35.7 Å². The van der Waals surface area contributed by atoms with Crippen molar-refractivity contribution >= 4 is 11.9 Å². The van der Waals surface area contributed by atoms with E-state index >= 15 is 0 Å². The number of aliphatic carboxylic acids is 1. The standard InChI is InChI=1S/C13H17N3O5/c1-20-11-10(12(21-2)15-7-14-11)13(19)16-5-3-4-8(16)6-9(17)18/h7-8H,3-6H2,1-2H3,(H,17,18)/t8-/m0/s1. The van der Waals surface area contributed by atoms with Crippen LogP contribution in [0.25, 0.3) is 0 Å². The van der Waals surface area contributed by atoms with Crippen molar-refractivity contribution in [1.29, 1.82) is 0 Å². The third-order valence-corrected chi connectivity index (χ3v) is 3.43. The van der Waals surface area contributed by atoms with E-state index in [4.69, 9.17) is 14.6 Å². The van der Waals surface area contributed by atoms with Gasteiger partial charge in [-0.15, -0.1) is 0 Å². The molecule has 0 aliphatic carbocycles. The Morgan fingerprint density at radius 3 is 2.48 bits per heavy atom. The number of ether oxygens (including phenoxy) is 2. The molecule has 1 aliphatic heterocycles. The van der Waals surface area contributed by atoms with Gasteiger partial charge in [0.2, 0.25) is 11.8 Å². The Bertz CT molecular complexity index is 526. The zero-order chi connectivity index (χ0) is 15.4. The number of hydrogen-bond acceptors (Lipinski definition) is 6. The lowest BCUT2D eigenvalue weighted by Gasteiger charge is -2.24. The van der Waals surface area contributed by atoms with E-state index in [0.717, 1.165) is 6.42 Å². The zero-order valence-electron chi connectivity index (χ0n) is 11.9. The van der Waals surface area contributed by atoms with Crippen molar-refractivity contribution < 1.29 is 24.2 Å². The van der Waals surface area contributed by atoms with Crippen molar-refractivity contribution in [3.8, 4) is 11.8 Å². The van der Waals surface area contributed by atoms with Gasteiger partial charge in [0.15, 0.2) is 5.56 Å². The first-order chi connectivity index (χ1) is 10.1. The summed E-state index contributed by atoms with van der Waals surface area (Å²) in [6.45, 7) is 0.498.